The summed E-state index contributed by atoms with van der Waals surface area (Å²) in [4.78, 5) is -0.646. The lowest BCUT2D eigenvalue weighted by molar-refractivity contribution is 0.477. The van der Waals surface area contributed by atoms with Crippen molar-refractivity contribution in [2.24, 2.45) is 5.73 Å². The summed E-state index contributed by atoms with van der Waals surface area (Å²) >= 11 is 0. The second-order valence-corrected chi connectivity index (χ2v) is 4.81. The number of sulfone groups is 1. The molecule has 2 N–H and O–H groups in total. The van der Waals surface area contributed by atoms with E-state index in [9.17, 15) is 17.2 Å². The van der Waals surface area contributed by atoms with Gasteiger partial charge in [-0.05, 0) is 6.07 Å². The van der Waals surface area contributed by atoms with Gasteiger partial charge in [0.25, 0.3) is 0 Å². The minimum absolute atomic E-state index is 0.0464. The Bertz CT molecular complexity index is 457. The normalized spacial score (nSPS) is 11.7. The molecule has 14 heavy (non-hydrogen) atoms. The summed E-state index contributed by atoms with van der Waals surface area (Å²) in [7, 11) is -3.74. The predicted octanol–water partition coefficient (Wildman–Crippen LogP) is 0.827. The SMILES string of the molecule is CS(=O)(=O)c1ccc(CN)c(F)c1F. The van der Waals surface area contributed by atoms with Gasteiger partial charge >= 0.3 is 0 Å². The van der Waals surface area contributed by atoms with E-state index in [0.29, 0.717) is 0 Å². The van der Waals surface area contributed by atoms with Gasteiger partial charge in [-0.1, -0.05) is 6.07 Å². The van der Waals surface area contributed by atoms with Gasteiger partial charge in [-0.15, -0.1) is 0 Å². The van der Waals surface area contributed by atoms with Crippen LogP contribution < -0.4 is 5.73 Å². The van der Waals surface area contributed by atoms with E-state index < -0.39 is 26.4 Å². The van der Waals surface area contributed by atoms with Crippen LogP contribution in [0.2, 0.25) is 0 Å². The molecular weight excluding hydrogens is 212 g/mol. The zero-order chi connectivity index (χ0) is 10.9. The van der Waals surface area contributed by atoms with Gasteiger partial charge in [0, 0.05) is 18.4 Å². The van der Waals surface area contributed by atoms with Crippen LogP contribution in [0.3, 0.4) is 0 Å². The van der Waals surface area contributed by atoms with Crippen LogP contribution in [0.5, 0.6) is 0 Å². The van der Waals surface area contributed by atoms with Gasteiger partial charge in [-0.2, -0.15) is 0 Å². The fraction of sp³-hybridized carbons (Fsp3) is 0.250. The van der Waals surface area contributed by atoms with Crippen molar-refractivity contribution in [3.8, 4) is 0 Å². The van der Waals surface area contributed by atoms with E-state index in [4.69, 9.17) is 5.73 Å². The molecule has 1 rings (SSSR count). The summed E-state index contributed by atoms with van der Waals surface area (Å²) in [6.07, 6.45) is 0.812. The molecule has 1 aromatic rings. The molecule has 0 heterocycles. The van der Waals surface area contributed by atoms with Crippen molar-refractivity contribution in [3.63, 3.8) is 0 Å². The van der Waals surface area contributed by atoms with Crippen LogP contribution in [-0.4, -0.2) is 14.7 Å². The van der Waals surface area contributed by atoms with Crippen molar-refractivity contribution in [1.82, 2.24) is 0 Å². The van der Waals surface area contributed by atoms with Crippen molar-refractivity contribution in [2.75, 3.05) is 6.26 Å². The van der Waals surface area contributed by atoms with Crippen molar-refractivity contribution in [2.45, 2.75) is 11.4 Å². The molecule has 0 fully saturated rings. The average Bonchev–Trinajstić information content (AvgIpc) is 2.07. The van der Waals surface area contributed by atoms with E-state index in [0.717, 1.165) is 18.4 Å². The molecule has 0 saturated heterocycles. The summed E-state index contributed by atoms with van der Waals surface area (Å²) < 4.78 is 48.1. The Morgan fingerprint density at radius 3 is 2.29 bits per heavy atom. The lowest BCUT2D eigenvalue weighted by Crippen LogP contribution is -2.07. The van der Waals surface area contributed by atoms with Gasteiger partial charge < -0.3 is 5.73 Å². The first-order valence-electron chi connectivity index (χ1n) is 3.75. The Labute approximate surface area is 80.5 Å². The number of nitrogens with two attached hydrogens (primary N) is 1. The van der Waals surface area contributed by atoms with E-state index in [1.165, 1.54) is 0 Å². The van der Waals surface area contributed by atoms with Gasteiger partial charge in [-0.3, -0.25) is 0 Å². The van der Waals surface area contributed by atoms with Crippen molar-refractivity contribution >= 4 is 9.84 Å². The maximum atomic E-state index is 13.1. The fourth-order valence-corrected chi connectivity index (χ4v) is 1.75. The first-order valence-corrected chi connectivity index (χ1v) is 5.64. The molecule has 0 aliphatic heterocycles. The number of halogens is 2. The second kappa shape index (κ2) is 3.62. The lowest BCUT2D eigenvalue weighted by Gasteiger charge is -2.04. The summed E-state index contributed by atoms with van der Waals surface area (Å²) in [6, 6.07) is 2.17. The smallest absolute Gasteiger partial charge is 0.178 e. The van der Waals surface area contributed by atoms with Crippen LogP contribution >= 0.6 is 0 Å². The maximum Gasteiger partial charge on any atom is 0.178 e. The summed E-state index contributed by atoms with van der Waals surface area (Å²) in [6.45, 7) is -0.174. The topological polar surface area (TPSA) is 60.2 Å². The fourth-order valence-electron chi connectivity index (χ4n) is 1.02. The highest BCUT2D eigenvalue weighted by Crippen LogP contribution is 2.19. The zero-order valence-corrected chi connectivity index (χ0v) is 8.24. The first kappa shape index (κ1) is 11.1. The van der Waals surface area contributed by atoms with Crippen molar-refractivity contribution in [3.05, 3.63) is 29.3 Å². The third-order valence-electron chi connectivity index (χ3n) is 1.75. The largest absolute Gasteiger partial charge is 0.326 e. The molecule has 1 aromatic carbocycles. The molecule has 0 radical (unpaired) electrons. The molecule has 0 spiro atoms. The maximum absolute atomic E-state index is 13.1. The highest BCUT2D eigenvalue weighted by atomic mass is 32.2. The average molecular weight is 221 g/mol. The van der Waals surface area contributed by atoms with E-state index >= 15 is 0 Å². The molecule has 0 aliphatic rings. The Hall–Kier alpha value is -1.01. The van der Waals surface area contributed by atoms with Crippen LogP contribution in [0.15, 0.2) is 17.0 Å². The van der Waals surface area contributed by atoms with E-state index in [2.05, 4.69) is 0 Å². The minimum atomic E-state index is -3.74. The summed E-state index contributed by atoms with van der Waals surface area (Å²) in [5.41, 5.74) is 5.08. The molecular formula is C8H9F2NO2S. The number of hydrogen-bond acceptors (Lipinski definition) is 3. The van der Waals surface area contributed by atoms with Crippen LogP contribution in [-0.2, 0) is 16.4 Å². The Morgan fingerprint density at radius 2 is 1.86 bits per heavy atom. The highest BCUT2D eigenvalue weighted by Gasteiger charge is 2.19. The first-order chi connectivity index (χ1) is 6.38. The minimum Gasteiger partial charge on any atom is -0.326 e. The molecule has 0 atom stereocenters. The van der Waals surface area contributed by atoms with Crippen molar-refractivity contribution < 1.29 is 17.2 Å². The molecule has 0 saturated carbocycles. The number of benzene rings is 1. The van der Waals surface area contributed by atoms with Crippen LogP contribution in [0, 0.1) is 11.6 Å². The van der Waals surface area contributed by atoms with Gasteiger partial charge in [0.05, 0.1) is 0 Å². The predicted molar refractivity (Wildman–Crippen MR) is 47.4 cm³/mol. The quantitative estimate of drug-likeness (QED) is 0.804. The van der Waals surface area contributed by atoms with Crippen molar-refractivity contribution in [1.29, 1.82) is 0 Å². The summed E-state index contributed by atoms with van der Waals surface area (Å²) in [5, 5.41) is 0. The van der Waals surface area contributed by atoms with Gasteiger partial charge in [0.2, 0.25) is 0 Å². The van der Waals surface area contributed by atoms with E-state index in [1.54, 1.807) is 0 Å². The lowest BCUT2D eigenvalue weighted by atomic mass is 10.2. The third kappa shape index (κ3) is 1.91. The van der Waals surface area contributed by atoms with Crippen LogP contribution in [0.25, 0.3) is 0 Å². The molecule has 0 amide bonds. The number of hydrogen-bond donors (Lipinski definition) is 1. The number of rotatable bonds is 2. The standard InChI is InChI=1S/C8H9F2NO2S/c1-14(12,13)6-3-2-5(4-11)7(9)8(6)10/h2-3H,4,11H2,1H3. The Kier molecular flexibility index (Phi) is 2.86. The van der Waals surface area contributed by atoms with Gasteiger partial charge in [-0.25, -0.2) is 17.2 Å². The Morgan fingerprint density at radius 1 is 1.29 bits per heavy atom. The highest BCUT2D eigenvalue weighted by molar-refractivity contribution is 7.90. The molecule has 78 valence electrons. The molecule has 0 bridgehead atoms. The molecule has 0 unspecified atom stereocenters. The van der Waals surface area contributed by atoms with Crippen LogP contribution in [0.1, 0.15) is 5.56 Å². The Balaban J connectivity index is 3.47. The van der Waals surface area contributed by atoms with Gasteiger partial charge in [0.15, 0.2) is 21.5 Å². The van der Waals surface area contributed by atoms with E-state index in [1.807, 2.05) is 0 Å². The third-order valence-corrected chi connectivity index (χ3v) is 2.86. The molecule has 0 aromatic heterocycles. The zero-order valence-electron chi connectivity index (χ0n) is 7.42. The van der Waals surface area contributed by atoms with Gasteiger partial charge in [0.1, 0.15) is 4.90 Å². The molecule has 3 nitrogen and oxygen atoms in total. The second-order valence-electron chi connectivity index (χ2n) is 2.83. The summed E-state index contributed by atoms with van der Waals surface area (Å²) in [5.74, 6) is -2.56. The molecule has 0 aliphatic carbocycles. The van der Waals surface area contributed by atoms with Crippen LogP contribution in [0.4, 0.5) is 8.78 Å². The molecule has 6 heteroatoms. The monoisotopic (exact) mass is 221 g/mol. The van der Waals surface area contributed by atoms with E-state index in [-0.39, 0.29) is 12.1 Å².